The minimum Gasteiger partial charge on any atom is -0.325 e. The topological polar surface area (TPSA) is 66.5 Å². The Balaban J connectivity index is 1.88. The van der Waals surface area contributed by atoms with Gasteiger partial charge in [-0.05, 0) is 48.7 Å². The van der Waals surface area contributed by atoms with Crippen LogP contribution in [0.1, 0.15) is 24.8 Å². The minimum atomic E-state index is -3.56. The van der Waals surface area contributed by atoms with Gasteiger partial charge in [-0.3, -0.25) is 4.79 Å². The summed E-state index contributed by atoms with van der Waals surface area (Å²) in [6, 6.07) is 13.7. The number of amides is 1. The Morgan fingerprint density at radius 2 is 1.81 bits per heavy atom. The highest BCUT2D eigenvalue weighted by atomic mass is 35.5. The molecule has 1 aliphatic rings. The van der Waals surface area contributed by atoms with E-state index in [0.29, 0.717) is 10.7 Å². The molecule has 1 aliphatic carbocycles. The van der Waals surface area contributed by atoms with Gasteiger partial charge in [0.25, 0.3) is 0 Å². The lowest BCUT2D eigenvalue weighted by molar-refractivity contribution is -0.124. The number of hydrogen-bond donors (Lipinski definition) is 1. The number of carbonyl (C=O) groups excluding carboxylic acids is 1. The molecular weight excluding hydrogens is 372 g/mol. The van der Waals surface area contributed by atoms with Crippen molar-refractivity contribution in [2.45, 2.75) is 29.6 Å². The zero-order valence-electron chi connectivity index (χ0n) is 14.7. The SMILES string of the molecule is CN(C)S(=O)(=O)c1cccc(NC(=O)C2(c3cccc(Cl)c3)CCC2)c1. The summed E-state index contributed by atoms with van der Waals surface area (Å²) in [7, 11) is -0.605. The lowest BCUT2D eigenvalue weighted by atomic mass is 9.64. The molecule has 0 unspecified atom stereocenters. The second-order valence-corrected chi connectivity index (χ2v) is 9.30. The first-order chi connectivity index (χ1) is 12.3. The molecule has 138 valence electrons. The molecule has 0 aliphatic heterocycles. The van der Waals surface area contributed by atoms with Gasteiger partial charge in [0.2, 0.25) is 15.9 Å². The number of sulfonamides is 1. The number of anilines is 1. The average Bonchev–Trinajstić information content (AvgIpc) is 2.54. The molecule has 1 fully saturated rings. The predicted octanol–water partition coefficient (Wildman–Crippen LogP) is 3.65. The summed E-state index contributed by atoms with van der Waals surface area (Å²) in [5.74, 6) is -0.134. The molecule has 0 heterocycles. The highest BCUT2D eigenvalue weighted by molar-refractivity contribution is 7.89. The van der Waals surface area contributed by atoms with E-state index < -0.39 is 15.4 Å². The summed E-state index contributed by atoms with van der Waals surface area (Å²) in [5, 5.41) is 3.49. The smallest absolute Gasteiger partial charge is 0.242 e. The first-order valence-corrected chi connectivity index (χ1v) is 10.2. The van der Waals surface area contributed by atoms with E-state index in [2.05, 4.69) is 5.32 Å². The lowest BCUT2D eigenvalue weighted by Gasteiger charge is -2.40. The monoisotopic (exact) mass is 392 g/mol. The maximum atomic E-state index is 13.0. The first-order valence-electron chi connectivity index (χ1n) is 8.36. The zero-order chi connectivity index (χ0) is 18.9. The van der Waals surface area contributed by atoms with Crippen LogP contribution in [-0.4, -0.2) is 32.7 Å². The molecule has 0 radical (unpaired) electrons. The van der Waals surface area contributed by atoms with Crippen LogP contribution in [0.15, 0.2) is 53.4 Å². The molecule has 3 rings (SSSR count). The number of nitrogens with zero attached hydrogens (tertiary/aromatic N) is 1. The number of carbonyl (C=O) groups is 1. The standard InChI is InChI=1S/C19H21ClN2O3S/c1-22(2)26(24,25)17-9-4-8-16(13-17)21-18(23)19(10-5-11-19)14-6-3-7-15(20)12-14/h3-4,6-9,12-13H,5,10-11H2,1-2H3,(H,21,23). The van der Waals surface area contributed by atoms with Gasteiger partial charge in [0.15, 0.2) is 0 Å². The van der Waals surface area contributed by atoms with Gasteiger partial charge >= 0.3 is 0 Å². The molecular formula is C19H21ClN2O3S. The fourth-order valence-electron chi connectivity index (χ4n) is 3.16. The van der Waals surface area contributed by atoms with Crippen molar-refractivity contribution in [3.63, 3.8) is 0 Å². The molecule has 2 aromatic rings. The average molecular weight is 393 g/mol. The van der Waals surface area contributed by atoms with Crippen LogP contribution in [0.2, 0.25) is 5.02 Å². The van der Waals surface area contributed by atoms with Gasteiger partial charge < -0.3 is 5.32 Å². The van der Waals surface area contributed by atoms with Crippen LogP contribution < -0.4 is 5.32 Å². The van der Waals surface area contributed by atoms with Gasteiger partial charge in [-0.1, -0.05) is 36.2 Å². The highest BCUT2D eigenvalue weighted by Gasteiger charge is 2.45. The third-order valence-electron chi connectivity index (χ3n) is 4.89. The Kier molecular flexibility index (Phi) is 5.10. The summed E-state index contributed by atoms with van der Waals surface area (Å²) in [6.45, 7) is 0. The van der Waals surface area contributed by atoms with Crippen LogP contribution in [0, 0.1) is 0 Å². The molecule has 1 amide bonds. The fourth-order valence-corrected chi connectivity index (χ4v) is 4.30. The molecule has 1 saturated carbocycles. The molecule has 0 saturated heterocycles. The van der Waals surface area contributed by atoms with E-state index in [-0.39, 0.29) is 10.8 Å². The number of rotatable bonds is 5. The van der Waals surface area contributed by atoms with E-state index in [1.54, 1.807) is 18.2 Å². The van der Waals surface area contributed by atoms with Crippen LogP contribution in [0.25, 0.3) is 0 Å². The molecule has 1 N–H and O–H groups in total. The van der Waals surface area contributed by atoms with Crippen LogP contribution in [0.4, 0.5) is 5.69 Å². The maximum Gasteiger partial charge on any atom is 0.242 e. The molecule has 0 aromatic heterocycles. The summed E-state index contributed by atoms with van der Waals surface area (Å²) >= 11 is 6.09. The predicted molar refractivity (Wildman–Crippen MR) is 103 cm³/mol. The van der Waals surface area contributed by atoms with Crippen molar-refractivity contribution in [2.75, 3.05) is 19.4 Å². The van der Waals surface area contributed by atoms with Crippen molar-refractivity contribution in [3.05, 3.63) is 59.1 Å². The number of halogens is 1. The Labute approximate surface area is 159 Å². The lowest BCUT2D eigenvalue weighted by Crippen LogP contribution is -2.46. The molecule has 7 heteroatoms. The Morgan fingerprint density at radius 1 is 1.12 bits per heavy atom. The largest absolute Gasteiger partial charge is 0.325 e. The Bertz CT molecular complexity index is 937. The Hall–Kier alpha value is -1.89. The number of benzene rings is 2. The van der Waals surface area contributed by atoms with Crippen molar-refractivity contribution in [1.29, 1.82) is 0 Å². The second kappa shape index (κ2) is 7.02. The first kappa shape index (κ1) is 18.9. The van der Waals surface area contributed by atoms with Gasteiger partial charge in [-0.2, -0.15) is 0 Å². The number of nitrogens with one attached hydrogen (secondary N) is 1. The van der Waals surface area contributed by atoms with Gasteiger partial charge in [0, 0.05) is 24.8 Å². The fraction of sp³-hybridized carbons (Fsp3) is 0.316. The summed E-state index contributed by atoms with van der Waals surface area (Å²) < 4.78 is 25.7. The minimum absolute atomic E-state index is 0.134. The normalized spacial score (nSPS) is 16.2. The van der Waals surface area contributed by atoms with Crippen LogP contribution in [0.3, 0.4) is 0 Å². The van der Waals surface area contributed by atoms with Crippen molar-refractivity contribution in [2.24, 2.45) is 0 Å². The summed E-state index contributed by atoms with van der Waals surface area (Å²) in [6.07, 6.45) is 2.46. The highest BCUT2D eigenvalue weighted by Crippen LogP contribution is 2.45. The molecule has 0 bridgehead atoms. The maximum absolute atomic E-state index is 13.0. The second-order valence-electron chi connectivity index (χ2n) is 6.72. The van der Waals surface area contributed by atoms with Crippen LogP contribution in [0.5, 0.6) is 0 Å². The third kappa shape index (κ3) is 3.37. The van der Waals surface area contributed by atoms with Crippen molar-refractivity contribution in [3.8, 4) is 0 Å². The molecule has 0 spiro atoms. The summed E-state index contributed by atoms with van der Waals surface area (Å²) in [4.78, 5) is 13.2. The van der Waals surface area contributed by atoms with E-state index in [0.717, 1.165) is 29.1 Å². The van der Waals surface area contributed by atoms with E-state index >= 15 is 0 Å². The Morgan fingerprint density at radius 3 is 2.38 bits per heavy atom. The van der Waals surface area contributed by atoms with E-state index in [1.165, 1.54) is 26.2 Å². The number of hydrogen-bond acceptors (Lipinski definition) is 3. The van der Waals surface area contributed by atoms with Crippen molar-refractivity contribution >= 4 is 33.2 Å². The quantitative estimate of drug-likeness (QED) is 0.844. The molecule has 5 nitrogen and oxygen atoms in total. The molecule has 0 atom stereocenters. The van der Waals surface area contributed by atoms with Gasteiger partial charge in [0.1, 0.15) is 0 Å². The van der Waals surface area contributed by atoms with E-state index in [1.807, 2.05) is 18.2 Å². The van der Waals surface area contributed by atoms with E-state index in [9.17, 15) is 13.2 Å². The molecule has 26 heavy (non-hydrogen) atoms. The van der Waals surface area contributed by atoms with Crippen LogP contribution in [-0.2, 0) is 20.2 Å². The van der Waals surface area contributed by atoms with Gasteiger partial charge in [-0.25, -0.2) is 12.7 Å². The summed E-state index contributed by atoms with van der Waals surface area (Å²) in [5.41, 5.74) is 0.749. The van der Waals surface area contributed by atoms with Crippen molar-refractivity contribution in [1.82, 2.24) is 4.31 Å². The van der Waals surface area contributed by atoms with Crippen LogP contribution >= 0.6 is 11.6 Å². The van der Waals surface area contributed by atoms with E-state index in [4.69, 9.17) is 11.6 Å². The van der Waals surface area contributed by atoms with Gasteiger partial charge in [0.05, 0.1) is 10.3 Å². The van der Waals surface area contributed by atoms with Crippen molar-refractivity contribution < 1.29 is 13.2 Å². The third-order valence-corrected chi connectivity index (χ3v) is 6.94. The molecule has 2 aromatic carbocycles. The zero-order valence-corrected chi connectivity index (χ0v) is 16.3. The van der Waals surface area contributed by atoms with Gasteiger partial charge in [-0.15, -0.1) is 0 Å².